The van der Waals surface area contributed by atoms with E-state index < -0.39 is 0 Å². The molecule has 21 heavy (non-hydrogen) atoms. The van der Waals surface area contributed by atoms with E-state index in [4.69, 9.17) is 4.74 Å². The van der Waals surface area contributed by atoms with Crippen molar-refractivity contribution in [3.63, 3.8) is 0 Å². The number of likely N-dealkylation sites (N-methyl/N-ethyl adjacent to an activating group) is 1. The Balaban J connectivity index is 1.73. The van der Waals surface area contributed by atoms with Crippen LogP contribution in [0.25, 0.3) is 0 Å². The summed E-state index contributed by atoms with van der Waals surface area (Å²) in [6.45, 7) is 6.13. The minimum Gasteiger partial charge on any atom is -0.490 e. The van der Waals surface area contributed by atoms with E-state index in [1.165, 1.54) is 12.8 Å². The van der Waals surface area contributed by atoms with Gasteiger partial charge < -0.3 is 15.0 Å². The summed E-state index contributed by atoms with van der Waals surface area (Å²) in [6, 6.07) is 7.81. The smallest absolute Gasteiger partial charge is 0.236 e. The Kier molecular flexibility index (Phi) is 5.81. The summed E-state index contributed by atoms with van der Waals surface area (Å²) in [5.41, 5.74) is 1.10. The molecule has 1 aliphatic rings. The second-order valence-corrected chi connectivity index (χ2v) is 5.57. The van der Waals surface area contributed by atoms with Gasteiger partial charge in [0.15, 0.2) is 0 Å². The molecule has 4 nitrogen and oxygen atoms in total. The van der Waals surface area contributed by atoms with Gasteiger partial charge in [0.1, 0.15) is 12.4 Å². The Morgan fingerprint density at radius 1 is 1.43 bits per heavy atom. The topological polar surface area (TPSA) is 41.6 Å². The summed E-state index contributed by atoms with van der Waals surface area (Å²) in [4.78, 5) is 13.7. The predicted octanol–water partition coefficient (Wildman–Crippen LogP) is 2.21. The average Bonchev–Trinajstić information content (AvgIpc) is 3.30. The number of ether oxygens (including phenoxy) is 1. The van der Waals surface area contributed by atoms with E-state index in [1.807, 2.05) is 31.3 Å². The van der Waals surface area contributed by atoms with E-state index in [0.717, 1.165) is 23.8 Å². The van der Waals surface area contributed by atoms with Gasteiger partial charge in [0.2, 0.25) is 5.91 Å². The van der Waals surface area contributed by atoms with E-state index in [-0.39, 0.29) is 5.91 Å². The first kappa shape index (κ1) is 15.6. The molecule has 0 saturated heterocycles. The number of carbonyl (C=O) groups is 1. The van der Waals surface area contributed by atoms with Gasteiger partial charge in [0, 0.05) is 13.6 Å². The van der Waals surface area contributed by atoms with E-state index in [0.29, 0.717) is 19.7 Å². The van der Waals surface area contributed by atoms with Gasteiger partial charge in [-0.3, -0.25) is 4.79 Å². The van der Waals surface area contributed by atoms with Gasteiger partial charge in [-0.25, -0.2) is 0 Å². The van der Waals surface area contributed by atoms with Crippen LogP contribution in [0.1, 0.15) is 18.4 Å². The van der Waals surface area contributed by atoms with Gasteiger partial charge in [-0.05, 0) is 43.0 Å². The molecule has 4 heteroatoms. The molecule has 2 rings (SSSR count). The largest absolute Gasteiger partial charge is 0.490 e. The first-order valence-corrected chi connectivity index (χ1v) is 7.46. The third-order valence-corrected chi connectivity index (χ3v) is 3.54. The summed E-state index contributed by atoms with van der Waals surface area (Å²) in [5.74, 6) is 1.74. The molecule has 0 heterocycles. The Morgan fingerprint density at radius 3 is 2.76 bits per heavy atom. The molecule has 0 bridgehead atoms. The van der Waals surface area contributed by atoms with Crippen LogP contribution in [-0.2, 0) is 11.3 Å². The Hall–Kier alpha value is -1.81. The number of benzene rings is 1. The molecule has 1 fully saturated rings. The number of carbonyl (C=O) groups excluding carboxylic acids is 1. The number of hydrogen-bond donors (Lipinski definition) is 1. The normalized spacial score (nSPS) is 13.8. The van der Waals surface area contributed by atoms with Crippen molar-refractivity contribution >= 4 is 5.91 Å². The predicted molar refractivity (Wildman–Crippen MR) is 84.2 cm³/mol. The molecule has 0 aliphatic heterocycles. The Labute approximate surface area is 126 Å². The molecule has 0 radical (unpaired) electrons. The molecule has 1 amide bonds. The maximum Gasteiger partial charge on any atom is 0.236 e. The molecule has 114 valence electrons. The fourth-order valence-corrected chi connectivity index (χ4v) is 2.05. The number of rotatable bonds is 9. The zero-order chi connectivity index (χ0) is 15.1. The Morgan fingerprint density at radius 2 is 2.14 bits per heavy atom. The van der Waals surface area contributed by atoms with Crippen LogP contribution in [0.5, 0.6) is 5.75 Å². The maximum atomic E-state index is 12.0. The maximum absolute atomic E-state index is 12.0. The minimum atomic E-state index is 0.127. The van der Waals surface area contributed by atoms with Crippen molar-refractivity contribution < 1.29 is 9.53 Å². The van der Waals surface area contributed by atoms with Gasteiger partial charge in [0.05, 0.1) is 6.54 Å². The van der Waals surface area contributed by atoms with Crippen LogP contribution in [-0.4, -0.2) is 37.6 Å². The van der Waals surface area contributed by atoms with Gasteiger partial charge in [-0.1, -0.05) is 24.8 Å². The molecular weight excluding hydrogens is 264 g/mol. The van der Waals surface area contributed by atoms with E-state index in [9.17, 15) is 4.79 Å². The number of nitrogens with one attached hydrogen (secondary N) is 1. The highest BCUT2D eigenvalue weighted by Crippen LogP contribution is 2.27. The second-order valence-electron chi connectivity index (χ2n) is 5.57. The lowest BCUT2D eigenvalue weighted by Crippen LogP contribution is -2.35. The highest BCUT2D eigenvalue weighted by Gasteiger charge is 2.21. The van der Waals surface area contributed by atoms with E-state index in [1.54, 1.807) is 11.0 Å². The first-order chi connectivity index (χ1) is 10.2. The van der Waals surface area contributed by atoms with Crippen LogP contribution in [0.15, 0.2) is 36.9 Å². The first-order valence-electron chi connectivity index (χ1n) is 7.46. The van der Waals surface area contributed by atoms with Crippen LogP contribution < -0.4 is 10.1 Å². The fourth-order valence-electron chi connectivity index (χ4n) is 2.05. The lowest BCUT2D eigenvalue weighted by atomic mass is 10.2. The van der Waals surface area contributed by atoms with Gasteiger partial charge in [-0.2, -0.15) is 0 Å². The van der Waals surface area contributed by atoms with Gasteiger partial charge in [0.25, 0.3) is 0 Å². The molecule has 0 aromatic heterocycles. The third-order valence-electron chi connectivity index (χ3n) is 3.54. The van der Waals surface area contributed by atoms with Crippen LogP contribution in [0, 0.1) is 5.92 Å². The molecule has 1 N–H and O–H groups in total. The van der Waals surface area contributed by atoms with Crippen molar-refractivity contribution in [3.8, 4) is 5.75 Å². The number of nitrogens with zero attached hydrogens (tertiary/aromatic N) is 1. The zero-order valence-electron chi connectivity index (χ0n) is 12.7. The van der Waals surface area contributed by atoms with Crippen molar-refractivity contribution in [1.29, 1.82) is 0 Å². The molecular formula is C17H24N2O2. The molecule has 1 saturated carbocycles. The van der Waals surface area contributed by atoms with Crippen molar-refractivity contribution in [2.24, 2.45) is 5.92 Å². The lowest BCUT2D eigenvalue weighted by Gasteiger charge is -2.18. The SMILES string of the molecule is C=CCOc1ccc(CN(C)C(=O)CNCC2CC2)cc1. The van der Waals surface area contributed by atoms with Crippen molar-refractivity contribution in [2.45, 2.75) is 19.4 Å². The lowest BCUT2D eigenvalue weighted by molar-refractivity contribution is -0.129. The third kappa shape index (κ3) is 5.60. The van der Waals surface area contributed by atoms with E-state index >= 15 is 0 Å². The summed E-state index contributed by atoms with van der Waals surface area (Å²) >= 11 is 0. The molecule has 1 aliphatic carbocycles. The summed E-state index contributed by atoms with van der Waals surface area (Å²) in [5, 5.41) is 3.23. The van der Waals surface area contributed by atoms with Crippen LogP contribution in [0.3, 0.4) is 0 Å². The zero-order valence-corrected chi connectivity index (χ0v) is 12.7. The fraction of sp³-hybridized carbons (Fsp3) is 0.471. The highest BCUT2D eigenvalue weighted by molar-refractivity contribution is 5.77. The van der Waals surface area contributed by atoms with Crippen LogP contribution >= 0.6 is 0 Å². The minimum absolute atomic E-state index is 0.127. The molecule has 0 spiro atoms. The van der Waals surface area contributed by atoms with Gasteiger partial charge >= 0.3 is 0 Å². The number of hydrogen-bond acceptors (Lipinski definition) is 3. The molecule has 0 atom stereocenters. The molecule has 1 aromatic carbocycles. The summed E-state index contributed by atoms with van der Waals surface area (Å²) < 4.78 is 5.44. The quantitative estimate of drug-likeness (QED) is 0.708. The van der Waals surface area contributed by atoms with E-state index in [2.05, 4.69) is 11.9 Å². The second kappa shape index (κ2) is 7.84. The van der Waals surface area contributed by atoms with Crippen molar-refractivity contribution in [1.82, 2.24) is 10.2 Å². The standard InChI is InChI=1S/C17H24N2O2/c1-3-10-21-16-8-6-15(7-9-16)13-19(2)17(20)12-18-11-14-4-5-14/h3,6-9,14,18H,1,4-5,10-13H2,2H3. The summed E-state index contributed by atoms with van der Waals surface area (Å²) in [7, 11) is 1.84. The summed E-state index contributed by atoms with van der Waals surface area (Å²) in [6.07, 6.45) is 4.32. The van der Waals surface area contributed by atoms with Crippen LogP contribution in [0.2, 0.25) is 0 Å². The average molecular weight is 288 g/mol. The van der Waals surface area contributed by atoms with Crippen LogP contribution in [0.4, 0.5) is 0 Å². The highest BCUT2D eigenvalue weighted by atomic mass is 16.5. The van der Waals surface area contributed by atoms with Crippen molar-refractivity contribution in [3.05, 3.63) is 42.5 Å². The molecule has 1 aromatic rings. The van der Waals surface area contributed by atoms with Gasteiger partial charge in [-0.15, -0.1) is 0 Å². The number of amides is 1. The monoisotopic (exact) mass is 288 g/mol. The Bertz CT molecular complexity index is 466. The molecule has 0 unspecified atom stereocenters. The van der Waals surface area contributed by atoms with Crippen molar-refractivity contribution in [2.75, 3.05) is 26.7 Å².